The fraction of sp³-hybridized carbons (Fsp3) is 0.308. The molecule has 0 fully saturated rings. The number of alkyl halides is 4. The molecule has 0 heterocycles. The Morgan fingerprint density at radius 3 is 2.09 bits per heavy atom. The van der Waals surface area contributed by atoms with Gasteiger partial charge in [0.15, 0.2) is 0 Å². The summed E-state index contributed by atoms with van der Waals surface area (Å²) in [5.74, 6) is -3.77. The molecule has 0 amide bonds. The summed E-state index contributed by atoms with van der Waals surface area (Å²) in [5.41, 5.74) is 5.69. The van der Waals surface area contributed by atoms with Crippen LogP contribution in [0.15, 0.2) is 24.3 Å². The van der Waals surface area contributed by atoms with Crippen molar-refractivity contribution in [2.24, 2.45) is 5.73 Å². The lowest BCUT2D eigenvalue weighted by Crippen LogP contribution is -2.23. The van der Waals surface area contributed by atoms with Crippen LogP contribution in [0.5, 0.6) is 0 Å². The summed E-state index contributed by atoms with van der Waals surface area (Å²) in [7, 11) is 0. The fourth-order valence-electron chi connectivity index (χ4n) is 1.51. The quantitative estimate of drug-likeness (QED) is 0.320. The Morgan fingerprint density at radius 2 is 1.65 bits per heavy atom. The minimum Gasteiger partial charge on any atom is -0.452 e. The van der Waals surface area contributed by atoms with Crippen molar-refractivity contribution in [3.05, 3.63) is 35.4 Å². The second-order valence-corrected chi connectivity index (χ2v) is 4.18. The van der Waals surface area contributed by atoms with Gasteiger partial charge in [0.1, 0.15) is 6.10 Å². The molecule has 0 aliphatic carbocycles. The molecule has 0 saturated heterocycles. The van der Waals surface area contributed by atoms with Crippen LogP contribution >= 0.6 is 0 Å². The van der Waals surface area contributed by atoms with E-state index in [9.17, 15) is 22.4 Å². The van der Waals surface area contributed by atoms with E-state index in [1.54, 1.807) is 0 Å². The number of rotatable bonds is 6. The van der Waals surface area contributed by atoms with E-state index in [4.69, 9.17) is 16.6 Å². The first-order chi connectivity index (χ1) is 10.8. The SMILES string of the molecule is N=C(OC(=N)C(F)F)c1ccc(C(CN)OC(=O)C(F)F)cc1. The zero-order chi connectivity index (χ0) is 17.6. The van der Waals surface area contributed by atoms with Crippen LogP contribution in [0, 0.1) is 10.8 Å². The molecule has 0 spiro atoms. The molecule has 1 aromatic carbocycles. The molecule has 0 radical (unpaired) electrons. The molecule has 1 rings (SSSR count). The lowest BCUT2D eigenvalue weighted by molar-refractivity contribution is -0.162. The van der Waals surface area contributed by atoms with Crippen LogP contribution in [0.2, 0.25) is 0 Å². The number of nitrogens with two attached hydrogens (primary N) is 1. The Labute approximate surface area is 128 Å². The molecular formula is C13H13F4N3O3. The number of ether oxygens (including phenoxy) is 2. The van der Waals surface area contributed by atoms with Crippen molar-refractivity contribution in [3.63, 3.8) is 0 Å². The van der Waals surface area contributed by atoms with Crippen LogP contribution in [-0.4, -0.2) is 37.2 Å². The minimum atomic E-state index is -3.29. The van der Waals surface area contributed by atoms with Gasteiger partial charge in [0.2, 0.25) is 5.90 Å². The normalized spacial score (nSPS) is 12.1. The van der Waals surface area contributed by atoms with E-state index in [-0.39, 0.29) is 17.7 Å². The molecule has 0 aliphatic heterocycles. The molecule has 0 bridgehead atoms. The van der Waals surface area contributed by atoms with Gasteiger partial charge in [-0.3, -0.25) is 10.8 Å². The zero-order valence-electron chi connectivity index (χ0n) is 11.6. The molecular weight excluding hydrogens is 322 g/mol. The number of hydrogen-bond donors (Lipinski definition) is 3. The number of carbonyl (C=O) groups excluding carboxylic acids is 1. The van der Waals surface area contributed by atoms with Crippen molar-refractivity contribution < 1.29 is 31.8 Å². The predicted molar refractivity (Wildman–Crippen MR) is 72.0 cm³/mol. The van der Waals surface area contributed by atoms with Gasteiger partial charge in [-0.1, -0.05) is 12.1 Å². The van der Waals surface area contributed by atoms with Gasteiger partial charge < -0.3 is 15.2 Å². The van der Waals surface area contributed by atoms with Gasteiger partial charge in [0.25, 0.3) is 5.90 Å². The van der Waals surface area contributed by atoms with Crippen LogP contribution in [0.3, 0.4) is 0 Å². The van der Waals surface area contributed by atoms with Gasteiger partial charge in [-0.15, -0.1) is 0 Å². The third kappa shape index (κ3) is 5.33. The summed E-state index contributed by atoms with van der Waals surface area (Å²) < 4.78 is 57.4. The highest BCUT2D eigenvalue weighted by molar-refractivity contribution is 5.99. The molecule has 1 aromatic rings. The third-order valence-electron chi connectivity index (χ3n) is 2.61. The van der Waals surface area contributed by atoms with Gasteiger partial charge in [0, 0.05) is 12.1 Å². The summed E-state index contributed by atoms with van der Waals surface area (Å²) in [4.78, 5) is 10.9. The summed E-state index contributed by atoms with van der Waals surface area (Å²) in [6.45, 7) is -0.248. The predicted octanol–water partition coefficient (Wildman–Crippen LogP) is 2.08. The van der Waals surface area contributed by atoms with E-state index in [0.29, 0.717) is 0 Å². The first kappa shape index (κ1) is 18.6. The summed E-state index contributed by atoms with van der Waals surface area (Å²) in [5, 5.41) is 14.3. The van der Waals surface area contributed by atoms with E-state index < -0.39 is 36.7 Å². The highest BCUT2D eigenvalue weighted by atomic mass is 19.3. The van der Waals surface area contributed by atoms with Crippen LogP contribution in [-0.2, 0) is 14.3 Å². The average Bonchev–Trinajstić information content (AvgIpc) is 2.52. The Hall–Kier alpha value is -2.49. The highest BCUT2D eigenvalue weighted by Gasteiger charge is 2.23. The van der Waals surface area contributed by atoms with Crippen molar-refractivity contribution in [3.8, 4) is 0 Å². The first-order valence-electron chi connectivity index (χ1n) is 6.18. The number of esters is 1. The molecule has 1 atom stereocenters. The Morgan fingerprint density at radius 1 is 1.09 bits per heavy atom. The minimum absolute atomic E-state index is 0.0649. The van der Waals surface area contributed by atoms with Crippen molar-refractivity contribution >= 4 is 17.8 Å². The van der Waals surface area contributed by atoms with Crippen molar-refractivity contribution in [1.82, 2.24) is 0 Å². The van der Waals surface area contributed by atoms with E-state index in [2.05, 4.69) is 9.47 Å². The average molecular weight is 335 g/mol. The molecule has 0 saturated carbocycles. The summed E-state index contributed by atoms with van der Waals surface area (Å²) >= 11 is 0. The van der Waals surface area contributed by atoms with E-state index in [0.717, 1.165) is 0 Å². The maximum Gasteiger partial charge on any atom is 0.374 e. The number of halogens is 4. The fourth-order valence-corrected chi connectivity index (χ4v) is 1.51. The topological polar surface area (TPSA) is 109 Å². The Kier molecular flexibility index (Phi) is 6.64. The van der Waals surface area contributed by atoms with Gasteiger partial charge >= 0.3 is 18.8 Å². The Balaban J connectivity index is 2.80. The van der Waals surface area contributed by atoms with E-state index in [1.165, 1.54) is 24.3 Å². The van der Waals surface area contributed by atoms with Gasteiger partial charge in [-0.2, -0.15) is 17.6 Å². The lowest BCUT2D eigenvalue weighted by Gasteiger charge is -2.16. The molecule has 4 N–H and O–H groups in total. The number of hydrogen-bond acceptors (Lipinski definition) is 6. The lowest BCUT2D eigenvalue weighted by atomic mass is 10.1. The van der Waals surface area contributed by atoms with Crippen LogP contribution in [0.4, 0.5) is 17.6 Å². The van der Waals surface area contributed by atoms with E-state index >= 15 is 0 Å². The number of nitrogens with one attached hydrogen (secondary N) is 2. The van der Waals surface area contributed by atoms with Gasteiger partial charge in [-0.05, 0) is 17.7 Å². The first-order valence-corrected chi connectivity index (χ1v) is 6.18. The van der Waals surface area contributed by atoms with Crippen molar-refractivity contribution in [2.45, 2.75) is 19.0 Å². The van der Waals surface area contributed by atoms with Gasteiger partial charge in [-0.25, -0.2) is 4.79 Å². The van der Waals surface area contributed by atoms with Crippen molar-refractivity contribution in [2.75, 3.05) is 6.54 Å². The highest BCUT2D eigenvalue weighted by Crippen LogP contribution is 2.19. The van der Waals surface area contributed by atoms with Gasteiger partial charge in [0.05, 0.1) is 0 Å². The monoisotopic (exact) mass is 335 g/mol. The maximum absolute atomic E-state index is 12.2. The number of carbonyl (C=O) groups is 1. The van der Waals surface area contributed by atoms with Crippen LogP contribution < -0.4 is 5.73 Å². The Bertz CT molecular complexity index is 578. The van der Waals surface area contributed by atoms with E-state index in [1.807, 2.05) is 0 Å². The second kappa shape index (κ2) is 8.22. The molecule has 0 aromatic heterocycles. The largest absolute Gasteiger partial charge is 0.452 e. The number of benzene rings is 1. The second-order valence-electron chi connectivity index (χ2n) is 4.18. The molecule has 23 heavy (non-hydrogen) atoms. The molecule has 0 aliphatic rings. The summed E-state index contributed by atoms with van der Waals surface area (Å²) in [6, 6.07) is 5.15. The smallest absolute Gasteiger partial charge is 0.374 e. The molecule has 126 valence electrons. The third-order valence-corrected chi connectivity index (χ3v) is 2.61. The molecule has 1 unspecified atom stereocenters. The zero-order valence-corrected chi connectivity index (χ0v) is 11.6. The molecule has 6 nitrogen and oxygen atoms in total. The van der Waals surface area contributed by atoms with Crippen LogP contribution in [0.1, 0.15) is 17.2 Å². The summed E-state index contributed by atoms with van der Waals surface area (Å²) in [6.07, 6.45) is -7.55. The van der Waals surface area contributed by atoms with Crippen molar-refractivity contribution in [1.29, 1.82) is 10.8 Å². The molecule has 10 heteroatoms. The standard InChI is InChI=1S/C13H13F4N3O3/c14-9(15)12(20)23-11(19)7-3-1-6(2-4-7)8(5-18)22-13(21)10(16)17/h1-4,8-10,19-20H,5,18H2. The maximum atomic E-state index is 12.2. The van der Waals surface area contributed by atoms with Crippen LogP contribution in [0.25, 0.3) is 0 Å².